The quantitative estimate of drug-likeness (QED) is 0.153. The summed E-state index contributed by atoms with van der Waals surface area (Å²) in [6.07, 6.45) is 6.32. The number of esters is 1. The van der Waals surface area contributed by atoms with Crippen molar-refractivity contribution in [2.45, 2.75) is 214 Å². The van der Waals surface area contributed by atoms with Crippen LogP contribution in [0.4, 0.5) is 0 Å². The van der Waals surface area contributed by atoms with E-state index in [0.717, 1.165) is 41.7 Å². The SMILES string of the molecule is CC[C@H](C)[C@@H]1NC(=O)[C@@H]2CCCN2C(=O)[C@H](Cc2cccc(C3=CCCCC3)c2)N(C)C(=O)[C@H](Cc2ccccc2)NC(=O)[C@H](C(C)C)N(C)C(=O)[C@@H]([C@@H](C)CC)OC(=O)[C@H](C(C)(C)O)N(C)C(=O)[C@H](CC(C)C)NC(=O)[C@H](C(C)C)N(C)C1=O. The number of hydrogen-bond acceptors (Lipinski definition) is 11. The van der Waals surface area contributed by atoms with Gasteiger partial charge in [0.15, 0.2) is 12.1 Å². The second kappa shape index (κ2) is 30.6. The third-order valence-corrected chi connectivity index (χ3v) is 17.6. The molecule has 2 fully saturated rings. The maximum atomic E-state index is 15.7. The number of amides is 8. The van der Waals surface area contributed by atoms with Crippen LogP contribution in [0, 0.1) is 29.6 Å². The third-order valence-electron chi connectivity index (χ3n) is 17.6. The van der Waals surface area contributed by atoms with Gasteiger partial charge in [-0.1, -0.05) is 136 Å². The molecule has 1 aliphatic carbocycles. The predicted octanol–water partition coefficient (Wildman–Crippen LogP) is 6.33. The van der Waals surface area contributed by atoms with Gasteiger partial charge in [0.2, 0.25) is 41.4 Å². The molecular formula is C66H100N8O11. The number of carbonyl (C=O) groups excluding carboxylic acids is 9. The molecule has 0 unspecified atom stereocenters. The van der Waals surface area contributed by atoms with Crippen LogP contribution in [0.2, 0.25) is 0 Å². The summed E-state index contributed by atoms with van der Waals surface area (Å²) < 4.78 is 6.13. The number of allylic oxidation sites excluding steroid dienone is 2. The van der Waals surface area contributed by atoms with Crippen molar-refractivity contribution >= 4 is 58.8 Å². The van der Waals surface area contributed by atoms with Gasteiger partial charge in [-0.15, -0.1) is 0 Å². The van der Waals surface area contributed by atoms with Crippen LogP contribution in [0.15, 0.2) is 60.7 Å². The summed E-state index contributed by atoms with van der Waals surface area (Å²) in [4.78, 5) is 142. The van der Waals surface area contributed by atoms with Crippen molar-refractivity contribution in [1.29, 1.82) is 0 Å². The highest BCUT2D eigenvalue weighted by atomic mass is 16.6. The Balaban J connectivity index is 1.72. The largest absolute Gasteiger partial charge is 0.450 e. The van der Waals surface area contributed by atoms with Crippen LogP contribution in [-0.4, -0.2) is 178 Å². The fourth-order valence-corrected chi connectivity index (χ4v) is 12.3. The lowest BCUT2D eigenvalue weighted by Gasteiger charge is -2.39. The van der Waals surface area contributed by atoms with Gasteiger partial charge >= 0.3 is 5.97 Å². The molecule has 8 amide bonds. The Morgan fingerprint density at radius 3 is 1.74 bits per heavy atom. The van der Waals surface area contributed by atoms with Crippen molar-refractivity contribution in [3.05, 3.63) is 77.4 Å². The highest BCUT2D eigenvalue weighted by Crippen LogP contribution is 2.30. The van der Waals surface area contributed by atoms with Crippen LogP contribution in [0.3, 0.4) is 0 Å². The molecule has 3 aliphatic rings. The van der Waals surface area contributed by atoms with Gasteiger partial charge in [0.1, 0.15) is 42.3 Å². The fraction of sp³-hybridized carbons (Fsp3) is 0.652. The molecule has 2 heterocycles. The minimum atomic E-state index is -1.98. The number of likely N-dealkylation sites (N-methyl/N-ethyl adjacent to an activating group) is 4. The van der Waals surface area contributed by atoms with Crippen molar-refractivity contribution in [2.24, 2.45) is 29.6 Å². The number of fused-ring (bicyclic) bond motifs is 1. The summed E-state index contributed by atoms with van der Waals surface area (Å²) in [5.41, 5.74) is 1.70. The van der Waals surface area contributed by atoms with Gasteiger partial charge in [0.25, 0.3) is 5.91 Å². The molecular weight excluding hydrogens is 1080 g/mol. The van der Waals surface area contributed by atoms with Crippen LogP contribution < -0.4 is 16.0 Å². The average Bonchev–Trinajstić information content (AvgIpc) is 2.75. The van der Waals surface area contributed by atoms with Crippen LogP contribution in [-0.2, 0) is 60.7 Å². The maximum absolute atomic E-state index is 15.7. The average molecular weight is 1180 g/mol. The minimum absolute atomic E-state index is 0.00844. The monoisotopic (exact) mass is 1180 g/mol. The van der Waals surface area contributed by atoms with Crippen molar-refractivity contribution in [3.8, 4) is 0 Å². The lowest BCUT2D eigenvalue weighted by atomic mass is 9.91. The van der Waals surface area contributed by atoms with E-state index < -0.39 is 137 Å². The predicted molar refractivity (Wildman–Crippen MR) is 328 cm³/mol. The number of benzene rings is 2. The van der Waals surface area contributed by atoms with E-state index in [1.54, 1.807) is 41.5 Å². The van der Waals surface area contributed by atoms with Crippen molar-refractivity contribution in [1.82, 2.24) is 40.4 Å². The van der Waals surface area contributed by atoms with E-state index in [-0.39, 0.29) is 38.1 Å². The topological polar surface area (TPSA) is 235 Å². The molecule has 0 aromatic heterocycles. The van der Waals surface area contributed by atoms with E-state index in [1.807, 2.05) is 82.3 Å². The van der Waals surface area contributed by atoms with E-state index >= 15 is 24.0 Å². The Morgan fingerprint density at radius 2 is 1.19 bits per heavy atom. The Bertz CT molecular complexity index is 2710. The molecule has 0 spiro atoms. The van der Waals surface area contributed by atoms with E-state index in [1.165, 1.54) is 67.2 Å². The number of nitrogens with zero attached hydrogens (tertiary/aromatic N) is 5. The summed E-state index contributed by atoms with van der Waals surface area (Å²) >= 11 is 0. The highest BCUT2D eigenvalue weighted by Gasteiger charge is 2.48. The summed E-state index contributed by atoms with van der Waals surface area (Å²) in [6, 6.07) is 6.89. The molecule has 0 bridgehead atoms. The molecule has 4 N–H and O–H groups in total. The van der Waals surface area contributed by atoms with Gasteiger partial charge in [-0.25, -0.2) is 4.79 Å². The van der Waals surface area contributed by atoms with Crippen LogP contribution >= 0.6 is 0 Å². The first kappa shape index (κ1) is 69.1. The molecule has 11 atom stereocenters. The fourth-order valence-electron chi connectivity index (χ4n) is 12.3. The van der Waals surface area contributed by atoms with Crippen molar-refractivity contribution in [3.63, 3.8) is 0 Å². The first-order valence-electron chi connectivity index (χ1n) is 31.0. The molecule has 5 rings (SSSR count). The molecule has 0 radical (unpaired) electrons. The Kier molecular flexibility index (Phi) is 24.9. The first-order chi connectivity index (χ1) is 39.9. The van der Waals surface area contributed by atoms with E-state index in [0.29, 0.717) is 24.8 Å². The Morgan fingerprint density at radius 1 is 0.612 bits per heavy atom. The van der Waals surface area contributed by atoms with Crippen molar-refractivity contribution < 1.29 is 53.0 Å². The molecule has 19 nitrogen and oxygen atoms in total. The zero-order valence-corrected chi connectivity index (χ0v) is 53.6. The molecule has 85 heavy (non-hydrogen) atoms. The molecule has 19 heteroatoms. The number of nitrogens with one attached hydrogen (secondary N) is 3. The lowest BCUT2D eigenvalue weighted by molar-refractivity contribution is -0.177. The van der Waals surface area contributed by atoms with Gasteiger partial charge in [0, 0.05) is 53.5 Å². The van der Waals surface area contributed by atoms with Crippen molar-refractivity contribution in [2.75, 3.05) is 34.7 Å². The molecule has 2 aromatic carbocycles. The third kappa shape index (κ3) is 17.3. The highest BCUT2D eigenvalue weighted by molar-refractivity contribution is 5.99. The van der Waals surface area contributed by atoms with Gasteiger partial charge in [-0.05, 0) is 111 Å². The molecule has 0 saturated carbocycles. The number of aliphatic hydroxyl groups is 1. The normalized spacial score (nSPS) is 26.5. The number of carbonyl (C=O) groups is 9. The molecule has 470 valence electrons. The summed E-state index contributed by atoms with van der Waals surface area (Å²) in [6.45, 7) is 20.7. The zero-order valence-electron chi connectivity index (χ0n) is 53.6. The number of hydrogen-bond donors (Lipinski definition) is 4. The molecule has 2 aliphatic heterocycles. The van der Waals surface area contributed by atoms with E-state index in [2.05, 4.69) is 22.0 Å². The number of rotatable bonds is 14. The smallest absolute Gasteiger partial charge is 0.332 e. The van der Waals surface area contributed by atoms with Gasteiger partial charge in [0.05, 0.1) is 5.60 Å². The maximum Gasteiger partial charge on any atom is 0.332 e. The number of ether oxygens (including phenoxy) is 1. The summed E-state index contributed by atoms with van der Waals surface area (Å²) in [7, 11) is 5.73. The molecule has 2 saturated heterocycles. The minimum Gasteiger partial charge on any atom is -0.450 e. The van der Waals surface area contributed by atoms with Gasteiger partial charge in [-0.2, -0.15) is 0 Å². The van der Waals surface area contributed by atoms with Gasteiger partial charge < -0.3 is 50.3 Å². The second-order valence-electron chi connectivity index (χ2n) is 25.9. The van der Waals surface area contributed by atoms with Crippen LogP contribution in [0.25, 0.3) is 5.57 Å². The van der Waals surface area contributed by atoms with E-state index in [9.17, 15) is 24.3 Å². The van der Waals surface area contributed by atoms with Gasteiger partial charge in [-0.3, -0.25) is 38.4 Å². The van der Waals surface area contributed by atoms with Crippen LogP contribution in [0.1, 0.15) is 158 Å². The van der Waals surface area contributed by atoms with Crippen LogP contribution in [0.5, 0.6) is 0 Å². The Labute approximate surface area is 505 Å². The number of cyclic esters (lactones) is 1. The lowest BCUT2D eigenvalue weighted by Crippen LogP contribution is -2.63. The van der Waals surface area contributed by atoms with E-state index in [4.69, 9.17) is 4.74 Å². The second-order valence-corrected chi connectivity index (χ2v) is 25.9. The standard InChI is InChI=1S/C66H100N8O11/c1-17-42(9)52-63(81)71(14)53(40(5)6)58(76)67-48(35-39(3)4)61(79)73(16)56(66(11,12)84)65(83)85-55(43(10)18-2)64(82)72(15)54(41(7)8)59(77)68-49(37-44-27-21-19-22-28-44)60(78)70(13)51(62(80)74-34-26-33-50(74)57(75)69-52)38-45-29-25-32-47(36-45)46-30-23-20-24-31-46/h19,21-22,25,27-30,32,36,39-43,48-56,84H,17-18,20,23-24,26,31,33-35,37-38H2,1-16H3,(H,67,76)(H,68,77)(H,69,75)/t42-,43-,48-,49-,50-,51-,52-,53-,54-,55+,56+/m0/s1. The first-order valence-corrected chi connectivity index (χ1v) is 31.0. The molecule has 2 aromatic rings. The Hall–Kier alpha value is -6.63. The zero-order chi connectivity index (χ0) is 63.4. The summed E-state index contributed by atoms with van der Waals surface area (Å²) in [5, 5.41) is 20.6. The summed E-state index contributed by atoms with van der Waals surface area (Å²) in [5.74, 6) is -8.63.